The molecule has 0 saturated carbocycles. The minimum atomic E-state index is -4.09. The highest BCUT2D eigenvalue weighted by Crippen LogP contribution is 2.42. The second-order valence-corrected chi connectivity index (χ2v) is 8.84. The highest BCUT2D eigenvalue weighted by atomic mass is 35.5. The highest BCUT2D eigenvalue weighted by Gasteiger charge is 2.39. The molecular formula is C18H17ClN2O6S. The molecular weight excluding hydrogens is 408 g/mol. The predicted octanol–water partition coefficient (Wildman–Crippen LogP) is 3.55. The lowest BCUT2D eigenvalue weighted by molar-refractivity contribution is -0.387. The van der Waals surface area contributed by atoms with E-state index in [1.54, 1.807) is 12.1 Å². The van der Waals surface area contributed by atoms with Crippen molar-refractivity contribution in [3.8, 4) is 11.5 Å². The first-order valence-corrected chi connectivity index (χ1v) is 10.5. The lowest BCUT2D eigenvalue weighted by Gasteiger charge is -2.26. The van der Waals surface area contributed by atoms with Crippen LogP contribution in [0.25, 0.3) is 0 Å². The molecule has 1 fully saturated rings. The third-order valence-corrected chi connectivity index (χ3v) is 7.05. The van der Waals surface area contributed by atoms with Crippen molar-refractivity contribution in [2.45, 2.75) is 23.8 Å². The monoisotopic (exact) mass is 424 g/mol. The van der Waals surface area contributed by atoms with E-state index in [0.29, 0.717) is 37.6 Å². The summed E-state index contributed by atoms with van der Waals surface area (Å²) in [6, 6.07) is 8.51. The van der Waals surface area contributed by atoms with E-state index in [1.165, 1.54) is 16.4 Å². The maximum atomic E-state index is 13.3. The fraction of sp³-hybridized carbons (Fsp3) is 0.333. The molecule has 148 valence electrons. The minimum absolute atomic E-state index is 0.107. The van der Waals surface area contributed by atoms with Crippen LogP contribution in [0.1, 0.15) is 24.4 Å². The number of nitrogens with zero attached hydrogens (tertiary/aromatic N) is 2. The Morgan fingerprint density at radius 3 is 2.61 bits per heavy atom. The second-order valence-electron chi connectivity index (χ2n) is 6.55. The topological polar surface area (TPSA) is 99.0 Å². The van der Waals surface area contributed by atoms with Gasteiger partial charge < -0.3 is 9.47 Å². The predicted molar refractivity (Wildman–Crippen MR) is 101 cm³/mol. The number of nitro benzene ring substituents is 1. The summed E-state index contributed by atoms with van der Waals surface area (Å²) in [5.41, 5.74) is 0.238. The van der Waals surface area contributed by atoms with E-state index in [-0.39, 0.29) is 16.5 Å². The number of halogens is 1. The Hall–Kier alpha value is -2.36. The van der Waals surface area contributed by atoms with E-state index in [1.807, 2.05) is 6.07 Å². The molecule has 1 saturated heterocycles. The van der Waals surface area contributed by atoms with Gasteiger partial charge in [0, 0.05) is 17.6 Å². The van der Waals surface area contributed by atoms with Crippen molar-refractivity contribution >= 4 is 27.3 Å². The number of nitro groups is 1. The molecule has 0 spiro atoms. The molecule has 0 N–H and O–H groups in total. The van der Waals surface area contributed by atoms with Crippen LogP contribution in [0.3, 0.4) is 0 Å². The zero-order valence-electron chi connectivity index (χ0n) is 14.7. The SMILES string of the molecule is O=[N+]([O-])c1cc(Cl)ccc1S(=O)(=O)N1CCCC1c1ccc2c(c1)OCCO2. The Labute approximate surface area is 166 Å². The van der Waals surface area contributed by atoms with E-state index in [0.717, 1.165) is 11.6 Å². The van der Waals surface area contributed by atoms with Crippen LogP contribution in [-0.2, 0) is 10.0 Å². The maximum Gasteiger partial charge on any atom is 0.290 e. The standard InChI is InChI=1S/C18H17ClN2O6S/c19-13-4-6-18(15(11-13)21(22)23)28(24,25)20-7-1-2-14(20)12-3-5-16-17(10-12)27-9-8-26-16/h3-6,10-11,14H,1-2,7-9H2. The van der Waals surface area contributed by atoms with Gasteiger partial charge in [0.25, 0.3) is 5.69 Å². The number of sulfonamides is 1. The van der Waals surface area contributed by atoms with E-state index in [4.69, 9.17) is 21.1 Å². The molecule has 4 rings (SSSR count). The van der Waals surface area contributed by atoms with E-state index >= 15 is 0 Å². The van der Waals surface area contributed by atoms with Gasteiger partial charge in [-0.05, 0) is 42.7 Å². The van der Waals surface area contributed by atoms with Crippen LogP contribution in [-0.4, -0.2) is 37.4 Å². The lowest BCUT2D eigenvalue weighted by atomic mass is 10.0. The van der Waals surface area contributed by atoms with Crippen molar-refractivity contribution in [2.75, 3.05) is 19.8 Å². The molecule has 28 heavy (non-hydrogen) atoms. The Kier molecular flexibility index (Phi) is 4.90. The number of hydrogen-bond donors (Lipinski definition) is 0. The third-order valence-electron chi connectivity index (χ3n) is 4.86. The van der Waals surface area contributed by atoms with Gasteiger partial charge in [-0.25, -0.2) is 8.42 Å². The van der Waals surface area contributed by atoms with Gasteiger partial charge >= 0.3 is 0 Å². The van der Waals surface area contributed by atoms with Crippen molar-refractivity contribution < 1.29 is 22.8 Å². The summed E-state index contributed by atoms with van der Waals surface area (Å²) in [6.45, 7) is 1.18. The van der Waals surface area contributed by atoms with Crippen molar-refractivity contribution in [3.05, 3.63) is 57.1 Å². The summed E-state index contributed by atoms with van der Waals surface area (Å²) in [6.07, 6.45) is 1.26. The van der Waals surface area contributed by atoms with Gasteiger partial charge in [-0.2, -0.15) is 4.31 Å². The molecule has 2 heterocycles. The fourth-order valence-corrected chi connectivity index (χ4v) is 5.59. The Morgan fingerprint density at radius 2 is 1.86 bits per heavy atom. The first-order valence-electron chi connectivity index (χ1n) is 8.73. The zero-order valence-corrected chi connectivity index (χ0v) is 16.3. The van der Waals surface area contributed by atoms with Crippen LogP contribution in [0.5, 0.6) is 11.5 Å². The Morgan fingerprint density at radius 1 is 1.11 bits per heavy atom. The summed E-state index contributed by atoms with van der Waals surface area (Å²) >= 11 is 5.82. The molecule has 0 aromatic heterocycles. The number of rotatable bonds is 4. The average molecular weight is 425 g/mol. The lowest BCUT2D eigenvalue weighted by Crippen LogP contribution is -2.31. The van der Waals surface area contributed by atoms with E-state index < -0.39 is 26.7 Å². The molecule has 2 aromatic rings. The van der Waals surface area contributed by atoms with Gasteiger partial charge in [0.1, 0.15) is 13.2 Å². The minimum Gasteiger partial charge on any atom is -0.486 e. The largest absolute Gasteiger partial charge is 0.486 e. The number of ether oxygens (including phenoxy) is 2. The summed E-state index contributed by atoms with van der Waals surface area (Å²) in [4.78, 5) is 10.3. The first kappa shape index (κ1) is 19.0. The van der Waals surface area contributed by atoms with Crippen LogP contribution in [0.15, 0.2) is 41.3 Å². The van der Waals surface area contributed by atoms with Gasteiger partial charge in [-0.3, -0.25) is 10.1 Å². The molecule has 0 bridgehead atoms. The van der Waals surface area contributed by atoms with Crippen molar-refractivity contribution in [2.24, 2.45) is 0 Å². The van der Waals surface area contributed by atoms with E-state index in [2.05, 4.69) is 0 Å². The average Bonchev–Trinajstić information content (AvgIpc) is 3.18. The third kappa shape index (κ3) is 3.30. The first-order chi connectivity index (χ1) is 13.4. The van der Waals surface area contributed by atoms with Crippen LogP contribution >= 0.6 is 11.6 Å². The van der Waals surface area contributed by atoms with Crippen molar-refractivity contribution in [1.29, 1.82) is 0 Å². The van der Waals surface area contributed by atoms with Crippen LogP contribution in [0, 0.1) is 10.1 Å². The summed E-state index contributed by atoms with van der Waals surface area (Å²) in [7, 11) is -4.09. The number of benzene rings is 2. The van der Waals surface area contributed by atoms with Gasteiger partial charge in [0.15, 0.2) is 16.4 Å². The van der Waals surface area contributed by atoms with Gasteiger partial charge in [-0.1, -0.05) is 17.7 Å². The second kappa shape index (κ2) is 7.23. The van der Waals surface area contributed by atoms with Crippen molar-refractivity contribution in [1.82, 2.24) is 4.31 Å². The van der Waals surface area contributed by atoms with Gasteiger partial charge in [0.2, 0.25) is 10.0 Å². The Bertz CT molecular complexity index is 1040. The Balaban J connectivity index is 1.73. The molecule has 10 heteroatoms. The normalized spacial score (nSPS) is 19.5. The molecule has 0 aliphatic carbocycles. The summed E-state index contributed by atoms with van der Waals surface area (Å²) in [5, 5.41) is 11.5. The molecule has 2 aliphatic rings. The fourth-order valence-electron chi connectivity index (χ4n) is 3.61. The molecule has 8 nitrogen and oxygen atoms in total. The smallest absolute Gasteiger partial charge is 0.290 e. The number of fused-ring (bicyclic) bond motifs is 1. The summed E-state index contributed by atoms with van der Waals surface area (Å²) < 4.78 is 39.0. The maximum absolute atomic E-state index is 13.3. The van der Waals surface area contributed by atoms with E-state index in [9.17, 15) is 18.5 Å². The van der Waals surface area contributed by atoms with Crippen LogP contribution in [0.4, 0.5) is 5.69 Å². The van der Waals surface area contributed by atoms with Gasteiger partial charge in [-0.15, -0.1) is 0 Å². The molecule has 2 aromatic carbocycles. The zero-order chi connectivity index (χ0) is 19.9. The molecule has 0 amide bonds. The van der Waals surface area contributed by atoms with Crippen LogP contribution < -0.4 is 9.47 Å². The molecule has 1 atom stereocenters. The molecule has 2 aliphatic heterocycles. The number of hydrogen-bond acceptors (Lipinski definition) is 6. The van der Waals surface area contributed by atoms with Crippen molar-refractivity contribution in [3.63, 3.8) is 0 Å². The molecule has 1 unspecified atom stereocenters. The molecule has 0 radical (unpaired) electrons. The highest BCUT2D eigenvalue weighted by molar-refractivity contribution is 7.89. The van der Waals surface area contributed by atoms with Crippen LogP contribution in [0.2, 0.25) is 5.02 Å². The quantitative estimate of drug-likeness (QED) is 0.549. The van der Waals surface area contributed by atoms with Gasteiger partial charge in [0.05, 0.1) is 11.0 Å². The summed E-state index contributed by atoms with van der Waals surface area (Å²) in [5.74, 6) is 1.20.